The van der Waals surface area contributed by atoms with E-state index in [2.05, 4.69) is 49.0 Å². The van der Waals surface area contributed by atoms with E-state index >= 15 is 0 Å². The minimum Gasteiger partial charge on any atom is -0.550 e. The number of hydrogen-bond acceptors (Lipinski definition) is 5. The van der Waals surface area contributed by atoms with Gasteiger partial charge in [-0.05, 0) is 104 Å². The Morgan fingerprint density at radius 2 is 1.62 bits per heavy atom. The van der Waals surface area contributed by atoms with E-state index in [1.165, 1.54) is 0 Å². The molecule has 4 aliphatic rings. The van der Waals surface area contributed by atoms with Gasteiger partial charge in [-0.15, -0.1) is 0 Å². The van der Waals surface area contributed by atoms with Crippen molar-refractivity contribution in [1.82, 2.24) is 0 Å². The molecule has 3 unspecified atom stereocenters. The van der Waals surface area contributed by atoms with Crippen LogP contribution in [0.5, 0.6) is 0 Å². The number of quaternary nitrogens is 1. The minimum absolute atomic E-state index is 0.0747. The maximum absolute atomic E-state index is 11.5. The van der Waals surface area contributed by atoms with Crippen LogP contribution in [0.3, 0.4) is 0 Å². The van der Waals surface area contributed by atoms with Gasteiger partial charge >= 0.3 is 0 Å². The second kappa shape index (κ2) is 9.99. The highest BCUT2D eigenvalue weighted by Gasteiger charge is 2.65. The molecule has 11 atom stereocenters. The van der Waals surface area contributed by atoms with Crippen LogP contribution < -0.4 is 5.11 Å². The fourth-order valence-corrected chi connectivity index (χ4v) is 8.68. The summed E-state index contributed by atoms with van der Waals surface area (Å²) < 4.78 is 1.00. The fraction of sp³-hybridized carbons (Fsp3) is 0.964. The number of aliphatic carboxylic acids is 1. The molecule has 0 amide bonds. The van der Waals surface area contributed by atoms with Crippen LogP contribution in [-0.2, 0) is 4.79 Å². The van der Waals surface area contributed by atoms with Crippen molar-refractivity contribution in [2.75, 3.05) is 28.2 Å². The summed E-state index contributed by atoms with van der Waals surface area (Å²) in [5, 5.41) is 43.9. The van der Waals surface area contributed by atoms with Gasteiger partial charge in [-0.3, -0.25) is 0 Å². The van der Waals surface area contributed by atoms with Gasteiger partial charge in [-0.1, -0.05) is 20.8 Å². The predicted molar refractivity (Wildman–Crippen MR) is 131 cm³/mol. The molecule has 0 heterocycles. The van der Waals surface area contributed by atoms with Gasteiger partial charge in [0.2, 0.25) is 0 Å². The van der Waals surface area contributed by atoms with Crippen molar-refractivity contribution in [3.05, 3.63) is 0 Å². The van der Waals surface area contributed by atoms with Gasteiger partial charge in [0.05, 0.1) is 46.5 Å². The summed E-state index contributed by atoms with van der Waals surface area (Å²) in [6.45, 7) is 6.67. The molecule has 4 saturated carbocycles. The normalized spacial score (nSPS) is 46.9. The number of carbonyl (C=O) groups excluding carboxylic acids is 1. The number of aliphatic hydroxyl groups excluding tert-OH is 3. The summed E-state index contributed by atoms with van der Waals surface area (Å²) in [4.78, 5) is 11.0. The van der Waals surface area contributed by atoms with Crippen LogP contribution in [0.4, 0.5) is 0 Å². The fourth-order valence-electron chi connectivity index (χ4n) is 8.68. The van der Waals surface area contributed by atoms with Gasteiger partial charge in [-0.2, -0.15) is 0 Å². The Balaban J connectivity index is 0.000000588. The van der Waals surface area contributed by atoms with Gasteiger partial charge in [0.1, 0.15) is 0 Å². The average molecular weight is 482 g/mol. The van der Waals surface area contributed by atoms with Gasteiger partial charge < -0.3 is 29.7 Å². The summed E-state index contributed by atoms with van der Waals surface area (Å²) in [6.07, 6.45) is 5.72. The summed E-state index contributed by atoms with van der Waals surface area (Å²) in [5.74, 6) is 0.635. The molecule has 0 aliphatic heterocycles. The largest absolute Gasteiger partial charge is 0.550 e. The Morgan fingerprint density at radius 3 is 2.21 bits per heavy atom. The van der Waals surface area contributed by atoms with Crippen LogP contribution in [0.2, 0.25) is 0 Å². The van der Waals surface area contributed by atoms with Crippen LogP contribution in [0.25, 0.3) is 0 Å². The lowest BCUT2D eigenvalue weighted by molar-refractivity contribution is -0.849. The SMILES string of the molecule is C[C@H](CCC(=O)[O-])[C@H]1CCC2C3C(C[C@H](O)[C@@]21C)[C@@]1(C)CC[C@@H](O)C[C@H]1C[C@H]3O.C[N+](C)(C)C. The molecule has 0 aromatic rings. The molecule has 34 heavy (non-hydrogen) atoms. The van der Waals surface area contributed by atoms with E-state index in [1.54, 1.807) is 0 Å². The second-order valence-electron chi connectivity index (χ2n) is 14.1. The first kappa shape index (κ1) is 27.9. The molecule has 0 aromatic carbocycles. The third-order valence-electron chi connectivity index (χ3n) is 10.3. The number of carboxylic acids is 1. The molecule has 198 valence electrons. The van der Waals surface area contributed by atoms with Crippen molar-refractivity contribution in [3.8, 4) is 0 Å². The molecule has 4 rings (SSSR count). The van der Waals surface area contributed by atoms with Crippen LogP contribution >= 0.6 is 0 Å². The van der Waals surface area contributed by atoms with Crippen LogP contribution in [0.15, 0.2) is 0 Å². The molecular formula is C28H51NO5. The maximum Gasteiger partial charge on any atom is 0.0675 e. The molecule has 0 radical (unpaired) electrons. The summed E-state index contributed by atoms with van der Waals surface area (Å²) >= 11 is 0. The maximum atomic E-state index is 11.5. The third-order valence-corrected chi connectivity index (χ3v) is 10.3. The molecular weight excluding hydrogens is 430 g/mol. The Bertz CT molecular complexity index is 716. The molecule has 6 nitrogen and oxygen atoms in total. The number of fused-ring (bicyclic) bond motifs is 5. The molecule has 4 aliphatic carbocycles. The standard InChI is InChI=1S/C24H40O5.C4H12N/c1-13(4-7-21(28)29)16-5-6-17-22-18(12-20(27)24(16,17)3)23(2)9-8-15(25)10-14(23)11-19(22)26;1-5(2,3)4/h13-20,22,25-27H,4-12H2,1-3H3,(H,28,29);1-4H3/q;+1/p-1/t13-,14+,15-,16-,17?,18?,19-,20+,22?,23+,24-;/m1./s1. The highest BCUT2D eigenvalue weighted by atomic mass is 16.4. The van der Waals surface area contributed by atoms with Gasteiger partial charge in [0.25, 0.3) is 0 Å². The predicted octanol–water partition coefficient (Wildman–Crippen LogP) is 2.44. The highest BCUT2D eigenvalue weighted by molar-refractivity contribution is 5.64. The molecule has 0 spiro atoms. The molecule has 0 aromatic heterocycles. The number of hydrogen-bond donors (Lipinski definition) is 3. The summed E-state index contributed by atoms with van der Waals surface area (Å²) in [7, 11) is 8.50. The van der Waals surface area contributed by atoms with E-state index in [4.69, 9.17) is 0 Å². The zero-order valence-corrected chi connectivity index (χ0v) is 22.7. The first-order valence-corrected chi connectivity index (χ1v) is 13.6. The summed E-state index contributed by atoms with van der Waals surface area (Å²) in [5.41, 5.74) is -0.172. The van der Waals surface area contributed by atoms with Crippen molar-refractivity contribution in [1.29, 1.82) is 0 Å². The molecule has 4 fully saturated rings. The van der Waals surface area contributed by atoms with Crippen LogP contribution in [0.1, 0.15) is 78.6 Å². The first-order chi connectivity index (χ1) is 15.6. The van der Waals surface area contributed by atoms with Crippen molar-refractivity contribution in [3.63, 3.8) is 0 Å². The Morgan fingerprint density at radius 1 is 1.00 bits per heavy atom. The number of carboxylic acid groups (broad SMARTS) is 1. The summed E-state index contributed by atoms with van der Waals surface area (Å²) in [6, 6.07) is 0. The number of rotatable bonds is 4. The molecule has 3 N–H and O–H groups in total. The molecule has 6 heteroatoms. The third kappa shape index (κ3) is 5.35. The van der Waals surface area contributed by atoms with E-state index in [0.29, 0.717) is 18.3 Å². The Hall–Kier alpha value is -0.690. The van der Waals surface area contributed by atoms with E-state index in [-0.39, 0.29) is 53.1 Å². The molecule has 0 saturated heterocycles. The number of carbonyl (C=O) groups is 1. The lowest BCUT2D eigenvalue weighted by Crippen LogP contribution is -2.62. The number of nitrogens with zero attached hydrogens (tertiary/aromatic N) is 1. The molecule has 0 bridgehead atoms. The highest BCUT2D eigenvalue weighted by Crippen LogP contribution is 2.68. The quantitative estimate of drug-likeness (QED) is 0.536. The van der Waals surface area contributed by atoms with Crippen molar-refractivity contribution >= 4 is 5.97 Å². The van der Waals surface area contributed by atoms with Crippen molar-refractivity contribution < 1.29 is 29.7 Å². The van der Waals surface area contributed by atoms with E-state index in [1.807, 2.05) is 0 Å². The lowest BCUT2D eigenvalue weighted by atomic mass is 9.43. The Labute approximate surface area is 207 Å². The monoisotopic (exact) mass is 481 g/mol. The number of aliphatic hydroxyl groups is 3. The second-order valence-corrected chi connectivity index (χ2v) is 14.1. The van der Waals surface area contributed by atoms with Crippen LogP contribution in [-0.4, -0.2) is 72.3 Å². The van der Waals surface area contributed by atoms with E-state index in [9.17, 15) is 25.2 Å². The minimum atomic E-state index is -0.998. The van der Waals surface area contributed by atoms with Crippen LogP contribution in [0, 0.1) is 46.3 Å². The van der Waals surface area contributed by atoms with Gasteiger partial charge in [0.15, 0.2) is 0 Å². The topological polar surface area (TPSA) is 101 Å². The Kier molecular flexibility index (Phi) is 8.19. The van der Waals surface area contributed by atoms with E-state index < -0.39 is 12.1 Å². The van der Waals surface area contributed by atoms with Crippen molar-refractivity contribution in [2.24, 2.45) is 46.3 Å². The van der Waals surface area contributed by atoms with Gasteiger partial charge in [-0.25, -0.2) is 0 Å². The smallest absolute Gasteiger partial charge is 0.0675 e. The van der Waals surface area contributed by atoms with Crippen molar-refractivity contribution in [2.45, 2.75) is 96.9 Å². The average Bonchev–Trinajstić information content (AvgIpc) is 3.05. The van der Waals surface area contributed by atoms with E-state index in [0.717, 1.165) is 49.4 Å². The first-order valence-electron chi connectivity index (χ1n) is 13.6. The zero-order chi connectivity index (χ0) is 25.6. The zero-order valence-electron chi connectivity index (χ0n) is 22.7. The lowest BCUT2D eigenvalue weighted by Gasteiger charge is -2.63. The van der Waals surface area contributed by atoms with Gasteiger partial charge in [0, 0.05) is 5.97 Å².